The molecule has 98 valence electrons. The number of aromatic nitrogens is 4. The molecule has 18 heavy (non-hydrogen) atoms. The second kappa shape index (κ2) is 5.11. The van der Waals surface area contributed by atoms with E-state index in [-0.39, 0.29) is 23.6 Å². The van der Waals surface area contributed by atoms with Crippen LogP contribution in [0.25, 0.3) is 0 Å². The third kappa shape index (κ3) is 2.47. The lowest BCUT2D eigenvalue weighted by Crippen LogP contribution is -2.51. The van der Waals surface area contributed by atoms with Crippen molar-refractivity contribution in [1.82, 2.24) is 30.4 Å². The quantitative estimate of drug-likeness (QED) is 0.739. The normalized spacial score (nSPS) is 16.2. The molecule has 1 aliphatic heterocycles. The number of piperazine rings is 1. The first-order valence-corrected chi connectivity index (χ1v) is 5.91. The highest BCUT2D eigenvalue weighted by Crippen LogP contribution is 2.08. The van der Waals surface area contributed by atoms with Crippen LogP contribution < -0.4 is 0 Å². The van der Waals surface area contributed by atoms with Gasteiger partial charge in [0.1, 0.15) is 0 Å². The number of H-pyrrole nitrogens is 1. The predicted octanol–water partition coefficient (Wildman–Crippen LogP) is -0.860. The number of hydrogen-bond donors (Lipinski definition) is 1. The molecule has 8 nitrogen and oxygen atoms in total. The molecule has 2 amide bonds. The summed E-state index contributed by atoms with van der Waals surface area (Å²) in [5.41, 5.74) is 0. The number of nitrogens with zero attached hydrogens (tertiary/aromatic N) is 5. The number of nitrogens with one attached hydrogen (secondary N) is 1. The summed E-state index contributed by atoms with van der Waals surface area (Å²) in [7, 11) is 0. The Morgan fingerprint density at radius 2 is 1.78 bits per heavy atom. The molecule has 1 N–H and O–H groups in total. The molecule has 1 aromatic rings. The third-order valence-corrected chi connectivity index (χ3v) is 2.91. The van der Waals surface area contributed by atoms with E-state index in [4.69, 9.17) is 0 Å². The van der Waals surface area contributed by atoms with Gasteiger partial charge in [0.05, 0.1) is 0 Å². The molecule has 0 atom stereocenters. The topological polar surface area (TPSA) is 95.1 Å². The monoisotopic (exact) mass is 252 g/mol. The summed E-state index contributed by atoms with van der Waals surface area (Å²) in [6.07, 6.45) is 0. The first-order chi connectivity index (χ1) is 8.59. The molecule has 1 saturated heterocycles. The van der Waals surface area contributed by atoms with E-state index in [1.54, 1.807) is 9.80 Å². The van der Waals surface area contributed by atoms with Gasteiger partial charge in [-0.1, -0.05) is 13.8 Å². The number of carbonyl (C=O) groups excluding carboxylic acids is 2. The third-order valence-electron chi connectivity index (χ3n) is 2.91. The van der Waals surface area contributed by atoms with Crippen LogP contribution in [0.2, 0.25) is 0 Å². The molecule has 0 radical (unpaired) electrons. The maximum Gasteiger partial charge on any atom is 0.295 e. The highest BCUT2D eigenvalue weighted by atomic mass is 16.2. The molecule has 0 saturated carbocycles. The summed E-state index contributed by atoms with van der Waals surface area (Å²) in [5, 5.41) is 12.9. The van der Waals surface area contributed by atoms with Gasteiger partial charge in [-0.2, -0.15) is 5.21 Å². The van der Waals surface area contributed by atoms with Gasteiger partial charge in [-0.25, -0.2) is 0 Å². The number of tetrazole rings is 1. The first kappa shape index (κ1) is 12.5. The van der Waals surface area contributed by atoms with Gasteiger partial charge in [0, 0.05) is 32.1 Å². The molecule has 0 aromatic carbocycles. The second-order valence-corrected chi connectivity index (χ2v) is 4.51. The van der Waals surface area contributed by atoms with Crippen molar-refractivity contribution in [1.29, 1.82) is 0 Å². The van der Waals surface area contributed by atoms with Crippen molar-refractivity contribution in [3.8, 4) is 0 Å². The summed E-state index contributed by atoms with van der Waals surface area (Å²) in [5.74, 6) is -0.0647. The lowest BCUT2D eigenvalue weighted by atomic mass is 10.1. The minimum atomic E-state index is -0.250. The number of hydrogen-bond acceptors (Lipinski definition) is 5. The van der Waals surface area contributed by atoms with Crippen LogP contribution in [0.15, 0.2) is 0 Å². The summed E-state index contributed by atoms with van der Waals surface area (Å²) in [6, 6.07) is 0. The lowest BCUT2D eigenvalue weighted by molar-refractivity contribution is -0.135. The van der Waals surface area contributed by atoms with Gasteiger partial charge in [0.15, 0.2) is 0 Å². The zero-order valence-corrected chi connectivity index (χ0v) is 10.5. The Morgan fingerprint density at radius 1 is 1.17 bits per heavy atom. The molecule has 1 aromatic heterocycles. The zero-order valence-electron chi connectivity index (χ0n) is 10.5. The maximum atomic E-state index is 11.9. The number of rotatable bonds is 2. The van der Waals surface area contributed by atoms with E-state index in [0.717, 1.165) is 0 Å². The fraction of sp³-hybridized carbons (Fsp3) is 0.700. The van der Waals surface area contributed by atoms with Crippen LogP contribution in [0.4, 0.5) is 0 Å². The van der Waals surface area contributed by atoms with E-state index in [1.807, 2.05) is 13.8 Å². The Hall–Kier alpha value is -1.99. The zero-order chi connectivity index (χ0) is 13.1. The van der Waals surface area contributed by atoms with E-state index >= 15 is 0 Å². The van der Waals surface area contributed by atoms with E-state index in [0.29, 0.717) is 26.2 Å². The number of carbonyl (C=O) groups is 2. The summed E-state index contributed by atoms with van der Waals surface area (Å²) < 4.78 is 0. The molecule has 0 spiro atoms. The number of amides is 2. The van der Waals surface area contributed by atoms with E-state index in [9.17, 15) is 9.59 Å². The average molecular weight is 252 g/mol. The largest absolute Gasteiger partial charge is 0.339 e. The SMILES string of the molecule is CC(C)C(=O)N1CCN(C(=O)c2nn[nH]n2)CC1. The van der Waals surface area contributed by atoms with Gasteiger partial charge in [0.25, 0.3) is 11.7 Å². The van der Waals surface area contributed by atoms with Crippen LogP contribution in [0.5, 0.6) is 0 Å². The lowest BCUT2D eigenvalue weighted by Gasteiger charge is -2.35. The maximum absolute atomic E-state index is 11.9. The van der Waals surface area contributed by atoms with Crippen molar-refractivity contribution in [2.24, 2.45) is 5.92 Å². The fourth-order valence-corrected chi connectivity index (χ4v) is 1.89. The Balaban J connectivity index is 1.91. The molecule has 1 aliphatic rings. The first-order valence-electron chi connectivity index (χ1n) is 5.91. The standard InChI is InChI=1S/C10H16N6O2/c1-7(2)9(17)15-3-5-16(6-4-15)10(18)8-11-13-14-12-8/h7H,3-6H2,1-2H3,(H,11,12,13,14). The van der Waals surface area contributed by atoms with Crippen molar-refractivity contribution in [2.45, 2.75) is 13.8 Å². The smallest absolute Gasteiger partial charge is 0.295 e. The molecule has 2 heterocycles. The fourth-order valence-electron chi connectivity index (χ4n) is 1.89. The van der Waals surface area contributed by atoms with Gasteiger partial charge in [-0.05, 0) is 5.21 Å². The molecular formula is C10H16N6O2. The molecule has 0 bridgehead atoms. The molecule has 1 fully saturated rings. The van der Waals surface area contributed by atoms with E-state index < -0.39 is 0 Å². The highest BCUT2D eigenvalue weighted by Gasteiger charge is 2.27. The van der Waals surface area contributed by atoms with Crippen LogP contribution >= 0.6 is 0 Å². The van der Waals surface area contributed by atoms with Gasteiger partial charge in [0.2, 0.25) is 5.91 Å². The Kier molecular flexibility index (Phi) is 3.54. The molecule has 2 rings (SSSR count). The molecule has 8 heteroatoms. The van der Waals surface area contributed by atoms with Gasteiger partial charge in [-0.15, -0.1) is 10.2 Å². The Morgan fingerprint density at radius 3 is 2.28 bits per heavy atom. The highest BCUT2D eigenvalue weighted by molar-refractivity contribution is 5.90. The summed E-state index contributed by atoms with van der Waals surface area (Å²) >= 11 is 0. The molecule has 0 aliphatic carbocycles. The van der Waals surface area contributed by atoms with E-state index in [1.165, 1.54) is 0 Å². The van der Waals surface area contributed by atoms with Gasteiger partial charge in [-0.3, -0.25) is 9.59 Å². The van der Waals surface area contributed by atoms with Crippen molar-refractivity contribution >= 4 is 11.8 Å². The number of aromatic amines is 1. The van der Waals surface area contributed by atoms with Crippen LogP contribution in [-0.2, 0) is 4.79 Å². The van der Waals surface area contributed by atoms with Crippen molar-refractivity contribution in [3.05, 3.63) is 5.82 Å². The van der Waals surface area contributed by atoms with E-state index in [2.05, 4.69) is 20.6 Å². The second-order valence-electron chi connectivity index (χ2n) is 4.51. The van der Waals surface area contributed by atoms with Crippen molar-refractivity contribution in [2.75, 3.05) is 26.2 Å². The average Bonchev–Trinajstić information content (AvgIpc) is 2.91. The Bertz CT molecular complexity index is 422. The van der Waals surface area contributed by atoms with Crippen molar-refractivity contribution < 1.29 is 9.59 Å². The van der Waals surface area contributed by atoms with Crippen LogP contribution in [0.1, 0.15) is 24.5 Å². The molecule has 0 unspecified atom stereocenters. The predicted molar refractivity (Wildman–Crippen MR) is 61.5 cm³/mol. The minimum Gasteiger partial charge on any atom is -0.339 e. The molecular weight excluding hydrogens is 236 g/mol. The van der Waals surface area contributed by atoms with Crippen LogP contribution in [0, 0.1) is 5.92 Å². The minimum absolute atomic E-state index is 0.00976. The van der Waals surface area contributed by atoms with Gasteiger partial charge < -0.3 is 9.80 Å². The Labute approximate surface area is 104 Å². The summed E-state index contributed by atoms with van der Waals surface area (Å²) in [4.78, 5) is 27.1. The summed E-state index contributed by atoms with van der Waals surface area (Å²) in [6.45, 7) is 5.87. The van der Waals surface area contributed by atoms with Gasteiger partial charge >= 0.3 is 0 Å². The van der Waals surface area contributed by atoms with Crippen LogP contribution in [0.3, 0.4) is 0 Å². The van der Waals surface area contributed by atoms with Crippen LogP contribution in [-0.4, -0.2) is 68.4 Å². The van der Waals surface area contributed by atoms with Crippen molar-refractivity contribution in [3.63, 3.8) is 0 Å².